The maximum absolute atomic E-state index is 5.37. The maximum Gasteiger partial charge on any atom is 0.243 e. The van der Waals surface area contributed by atoms with Crippen molar-refractivity contribution in [2.45, 2.75) is 27.7 Å². The molecule has 0 saturated heterocycles. The van der Waals surface area contributed by atoms with Crippen LogP contribution >= 0.6 is 0 Å². The van der Waals surface area contributed by atoms with Gasteiger partial charge in [0.25, 0.3) is 0 Å². The van der Waals surface area contributed by atoms with Gasteiger partial charge in [0.2, 0.25) is 5.95 Å². The molecular weight excluding hydrogens is 264 g/mol. The van der Waals surface area contributed by atoms with E-state index in [2.05, 4.69) is 20.5 Å². The van der Waals surface area contributed by atoms with Crippen LogP contribution in [0.2, 0.25) is 0 Å². The van der Waals surface area contributed by atoms with Crippen molar-refractivity contribution in [1.82, 2.24) is 9.97 Å². The van der Waals surface area contributed by atoms with E-state index in [-0.39, 0.29) is 0 Å². The number of benzene rings is 1. The van der Waals surface area contributed by atoms with Crippen molar-refractivity contribution in [3.05, 3.63) is 46.8 Å². The lowest BCUT2D eigenvalue weighted by Gasteiger charge is -2.09. The predicted octanol–water partition coefficient (Wildman–Crippen LogP) is 3.25. The second-order valence-corrected chi connectivity index (χ2v) is 4.99. The Balaban J connectivity index is 2.27. The Morgan fingerprint density at radius 3 is 2.38 bits per heavy atom. The van der Waals surface area contributed by atoms with Crippen LogP contribution in [0.25, 0.3) is 0 Å². The lowest BCUT2D eigenvalue weighted by Crippen LogP contribution is -2.05. The van der Waals surface area contributed by atoms with Crippen molar-refractivity contribution >= 4 is 11.7 Å². The molecule has 0 radical (unpaired) electrons. The maximum atomic E-state index is 5.37. The third kappa shape index (κ3) is 3.78. The quantitative estimate of drug-likeness (QED) is 0.691. The fourth-order valence-corrected chi connectivity index (χ4v) is 2.07. The number of aryl methyl sites for hydroxylation is 3. The summed E-state index contributed by atoms with van der Waals surface area (Å²) >= 11 is 0. The van der Waals surface area contributed by atoms with Gasteiger partial charge in [0.15, 0.2) is 0 Å². The highest BCUT2D eigenvalue weighted by Crippen LogP contribution is 2.20. The lowest BCUT2D eigenvalue weighted by atomic mass is 10.1. The van der Waals surface area contributed by atoms with Crippen molar-refractivity contribution in [1.29, 1.82) is 0 Å². The molecule has 0 aliphatic heterocycles. The molecule has 0 amide bonds. The molecular formula is C16H20N4O. The van der Waals surface area contributed by atoms with Gasteiger partial charge in [-0.05, 0) is 45.9 Å². The van der Waals surface area contributed by atoms with Gasteiger partial charge in [-0.1, -0.05) is 11.6 Å². The van der Waals surface area contributed by atoms with Crippen molar-refractivity contribution in [2.24, 2.45) is 5.10 Å². The first kappa shape index (κ1) is 15.0. The molecule has 110 valence electrons. The first-order valence-corrected chi connectivity index (χ1v) is 6.77. The van der Waals surface area contributed by atoms with E-state index in [1.165, 1.54) is 0 Å². The fourth-order valence-electron chi connectivity index (χ4n) is 2.07. The number of methoxy groups -OCH3 is 1. The van der Waals surface area contributed by atoms with Gasteiger partial charge in [-0.15, -0.1) is 0 Å². The van der Waals surface area contributed by atoms with Crippen molar-refractivity contribution < 1.29 is 4.74 Å². The summed E-state index contributed by atoms with van der Waals surface area (Å²) in [6, 6.07) is 7.92. The van der Waals surface area contributed by atoms with E-state index in [0.29, 0.717) is 5.95 Å². The van der Waals surface area contributed by atoms with Crippen LogP contribution < -0.4 is 10.2 Å². The van der Waals surface area contributed by atoms with Crippen molar-refractivity contribution in [2.75, 3.05) is 12.5 Å². The number of hydrazone groups is 1. The average molecular weight is 284 g/mol. The molecule has 1 aromatic carbocycles. The molecule has 1 aromatic heterocycles. The SMILES string of the molecule is COc1ccc(C)cc1/C(C)=N\Nc1nc(C)cc(C)n1. The molecule has 1 heterocycles. The summed E-state index contributed by atoms with van der Waals surface area (Å²) in [6.45, 7) is 7.82. The van der Waals surface area contributed by atoms with E-state index in [4.69, 9.17) is 4.74 Å². The highest BCUT2D eigenvalue weighted by atomic mass is 16.5. The summed E-state index contributed by atoms with van der Waals surface area (Å²) < 4.78 is 5.37. The number of nitrogens with zero attached hydrogens (tertiary/aromatic N) is 3. The minimum absolute atomic E-state index is 0.499. The van der Waals surface area contributed by atoms with Crippen molar-refractivity contribution in [3.63, 3.8) is 0 Å². The molecule has 0 aliphatic carbocycles. The minimum Gasteiger partial charge on any atom is -0.496 e. The van der Waals surface area contributed by atoms with Crippen LogP contribution in [0.4, 0.5) is 5.95 Å². The summed E-state index contributed by atoms with van der Waals surface area (Å²) in [5.41, 5.74) is 7.65. The zero-order valence-electron chi connectivity index (χ0n) is 13.1. The smallest absolute Gasteiger partial charge is 0.243 e. The molecule has 0 aliphatic rings. The van der Waals surface area contributed by atoms with Crippen LogP contribution in [0.5, 0.6) is 5.75 Å². The molecule has 2 rings (SSSR count). The van der Waals surface area contributed by atoms with Crippen LogP contribution in [0.15, 0.2) is 29.4 Å². The lowest BCUT2D eigenvalue weighted by molar-refractivity contribution is 0.414. The number of ether oxygens (including phenoxy) is 1. The third-order valence-electron chi connectivity index (χ3n) is 3.05. The van der Waals surface area contributed by atoms with Crippen LogP contribution in [-0.2, 0) is 0 Å². The Kier molecular flexibility index (Phi) is 4.52. The predicted molar refractivity (Wildman–Crippen MR) is 85.1 cm³/mol. The molecule has 0 atom stereocenters. The summed E-state index contributed by atoms with van der Waals surface area (Å²) in [5.74, 6) is 1.29. The van der Waals surface area contributed by atoms with E-state index in [9.17, 15) is 0 Å². The Morgan fingerprint density at radius 1 is 1.10 bits per heavy atom. The molecule has 0 unspecified atom stereocenters. The van der Waals surface area contributed by atoms with Gasteiger partial charge in [0.1, 0.15) is 5.75 Å². The van der Waals surface area contributed by atoms with E-state index in [1.807, 2.05) is 52.0 Å². The topological polar surface area (TPSA) is 59.4 Å². The number of hydrogen-bond donors (Lipinski definition) is 1. The second kappa shape index (κ2) is 6.35. The largest absolute Gasteiger partial charge is 0.496 e. The van der Waals surface area contributed by atoms with Gasteiger partial charge < -0.3 is 4.74 Å². The molecule has 2 aromatic rings. The fraction of sp³-hybridized carbons (Fsp3) is 0.312. The van der Waals surface area contributed by atoms with E-state index >= 15 is 0 Å². The molecule has 0 saturated carbocycles. The molecule has 21 heavy (non-hydrogen) atoms. The number of aromatic nitrogens is 2. The monoisotopic (exact) mass is 284 g/mol. The van der Waals surface area contributed by atoms with Gasteiger partial charge in [0, 0.05) is 17.0 Å². The highest BCUT2D eigenvalue weighted by Gasteiger charge is 2.07. The van der Waals surface area contributed by atoms with Gasteiger partial charge in [-0.2, -0.15) is 5.10 Å². The minimum atomic E-state index is 0.499. The second-order valence-electron chi connectivity index (χ2n) is 4.99. The Morgan fingerprint density at radius 2 is 1.76 bits per heavy atom. The molecule has 1 N–H and O–H groups in total. The van der Waals surface area contributed by atoms with Gasteiger partial charge in [0.05, 0.1) is 12.8 Å². The number of hydrogen-bond acceptors (Lipinski definition) is 5. The zero-order chi connectivity index (χ0) is 15.4. The van der Waals surface area contributed by atoms with Crippen LogP contribution in [0.3, 0.4) is 0 Å². The Hall–Kier alpha value is -2.43. The summed E-state index contributed by atoms with van der Waals surface area (Å²) in [4.78, 5) is 8.60. The van der Waals surface area contributed by atoms with Gasteiger partial charge in [-0.25, -0.2) is 15.4 Å². The van der Waals surface area contributed by atoms with Gasteiger partial charge in [-0.3, -0.25) is 0 Å². The normalized spacial score (nSPS) is 11.4. The Bertz CT molecular complexity index is 660. The molecule has 0 bridgehead atoms. The van der Waals surface area contributed by atoms with Crippen molar-refractivity contribution in [3.8, 4) is 5.75 Å². The molecule has 5 heteroatoms. The first-order valence-electron chi connectivity index (χ1n) is 6.77. The van der Waals surface area contributed by atoms with Gasteiger partial charge >= 0.3 is 0 Å². The third-order valence-corrected chi connectivity index (χ3v) is 3.05. The van der Waals surface area contributed by atoms with E-state index in [0.717, 1.165) is 34.0 Å². The average Bonchev–Trinajstić information content (AvgIpc) is 2.43. The number of rotatable bonds is 4. The zero-order valence-corrected chi connectivity index (χ0v) is 13.1. The first-order chi connectivity index (χ1) is 9.99. The van der Waals surface area contributed by atoms with Crippen LogP contribution in [0.1, 0.15) is 29.4 Å². The van der Waals surface area contributed by atoms with Crippen LogP contribution in [-0.4, -0.2) is 22.8 Å². The van der Waals surface area contributed by atoms with E-state index in [1.54, 1.807) is 7.11 Å². The Labute approximate surface area is 125 Å². The number of anilines is 1. The standard InChI is InChI=1S/C16H20N4O/c1-10-6-7-15(21-5)14(8-10)13(4)19-20-16-17-11(2)9-12(3)18-16/h6-9H,1-5H3,(H,17,18,20)/b19-13-. The number of nitrogens with one attached hydrogen (secondary N) is 1. The summed E-state index contributed by atoms with van der Waals surface area (Å²) in [5, 5.41) is 4.36. The summed E-state index contributed by atoms with van der Waals surface area (Å²) in [7, 11) is 1.65. The van der Waals surface area contributed by atoms with E-state index < -0.39 is 0 Å². The summed E-state index contributed by atoms with van der Waals surface area (Å²) in [6.07, 6.45) is 0. The molecule has 0 fully saturated rings. The highest BCUT2D eigenvalue weighted by molar-refractivity contribution is 6.01. The molecule has 5 nitrogen and oxygen atoms in total. The van der Waals surface area contributed by atoms with Crippen LogP contribution in [0, 0.1) is 20.8 Å². The molecule has 0 spiro atoms.